The van der Waals surface area contributed by atoms with Crippen LogP contribution < -0.4 is 0 Å². The maximum atomic E-state index is 12.1. The number of para-hydroxylation sites is 1. The van der Waals surface area contributed by atoms with E-state index in [1.807, 2.05) is 0 Å². The van der Waals surface area contributed by atoms with Crippen molar-refractivity contribution in [1.29, 1.82) is 0 Å². The van der Waals surface area contributed by atoms with Crippen molar-refractivity contribution in [3.05, 3.63) is 39.9 Å². The van der Waals surface area contributed by atoms with Crippen molar-refractivity contribution in [3.63, 3.8) is 0 Å². The normalized spacial score (nSPS) is 19.2. The standard InChI is InChI=1S/C13H16N2O4/c16-11-5-3-7-14(9-11)13(17)8-10-4-1-2-6-12(10)15(18)19/h1-2,4,6,11,16H,3,5,7-9H2. The number of carbonyl (C=O) groups excluding carboxylic acids is 1. The zero-order valence-corrected chi connectivity index (χ0v) is 10.5. The van der Waals surface area contributed by atoms with Gasteiger partial charge in [0, 0.05) is 24.7 Å². The lowest BCUT2D eigenvalue weighted by Crippen LogP contribution is -2.42. The van der Waals surface area contributed by atoms with Gasteiger partial charge in [-0.2, -0.15) is 0 Å². The van der Waals surface area contributed by atoms with Crippen molar-refractivity contribution < 1.29 is 14.8 Å². The van der Waals surface area contributed by atoms with Crippen molar-refractivity contribution in [2.45, 2.75) is 25.4 Å². The van der Waals surface area contributed by atoms with E-state index in [1.165, 1.54) is 6.07 Å². The van der Waals surface area contributed by atoms with E-state index >= 15 is 0 Å². The van der Waals surface area contributed by atoms with Crippen molar-refractivity contribution in [3.8, 4) is 0 Å². The first-order valence-electron chi connectivity index (χ1n) is 6.26. The molecule has 0 spiro atoms. The third-order valence-corrected chi connectivity index (χ3v) is 3.28. The Balaban J connectivity index is 2.08. The quantitative estimate of drug-likeness (QED) is 0.655. The van der Waals surface area contributed by atoms with Gasteiger partial charge in [-0.25, -0.2) is 0 Å². The van der Waals surface area contributed by atoms with Gasteiger partial charge >= 0.3 is 0 Å². The molecule has 1 aliphatic heterocycles. The molecule has 1 unspecified atom stereocenters. The summed E-state index contributed by atoms with van der Waals surface area (Å²) < 4.78 is 0. The SMILES string of the molecule is O=C(Cc1ccccc1[N+](=O)[O-])N1CCCC(O)C1. The highest BCUT2D eigenvalue weighted by Crippen LogP contribution is 2.20. The molecule has 6 nitrogen and oxygen atoms in total. The molecule has 1 aliphatic rings. The van der Waals surface area contributed by atoms with Gasteiger partial charge in [0.2, 0.25) is 5.91 Å². The lowest BCUT2D eigenvalue weighted by molar-refractivity contribution is -0.385. The van der Waals surface area contributed by atoms with Crippen LogP contribution in [0.2, 0.25) is 0 Å². The first kappa shape index (κ1) is 13.5. The molecule has 0 radical (unpaired) electrons. The fourth-order valence-electron chi connectivity index (χ4n) is 2.29. The summed E-state index contributed by atoms with van der Waals surface area (Å²) in [5.74, 6) is -0.173. The number of hydrogen-bond acceptors (Lipinski definition) is 4. The minimum absolute atomic E-state index is 0.00384. The van der Waals surface area contributed by atoms with Gasteiger partial charge in [0.05, 0.1) is 17.4 Å². The van der Waals surface area contributed by atoms with Gasteiger partial charge in [0.15, 0.2) is 0 Å². The third-order valence-electron chi connectivity index (χ3n) is 3.28. The fourth-order valence-corrected chi connectivity index (χ4v) is 2.29. The predicted octanol–water partition coefficient (Wildman–Crippen LogP) is 1.12. The first-order valence-corrected chi connectivity index (χ1v) is 6.26. The van der Waals surface area contributed by atoms with Gasteiger partial charge < -0.3 is 10.0 Å². The average Bonchev–Trinajstić information content (AvgIpc) is 2.39. The summed E-state index contributed by atoms with van der Waals surface area (Å²) in [6, 6.07) is 6.25. The molecule has 1 aromatic carbocycles. The van der Waals surface area contributed by atoms with Gasteiger partial charge in [-0.3, -0.25) is 14.9 Å². The average molecular weight is 264 g/mol. The lowest BCUT2D eigenvalue weighted by atomic mass is 10.1. The van der Waals surface area contributed by atoms with E-state index in [2.05, 4.69) is 0 Å². The molecule has 0 aromatic heterocycles. The molecule has 1 atom stereocenters. The number of likely N-dealkylation sites (tertiary alicyclic amines) is 1. The van der Waals surface area contributed by atoms with E-state index in [0.717, 1.165) is 6.42 Å². The van der Waals surface area contributed by atoms with Gasteiger partial charge in [-0.15, -0.1) is 0 Å². The minimum Gasteiger partial charge on any atom is -0.391 e. The number of amides is 1. The summed E-state index contributed by atoms with van der Waals surface area (Å²) in [6.07, 6.45) is 0.992. The molecule has 102 valence electrons. The molecule has 1 fully saturated rings. The summed E-state index contributed by atoms with van der Waals surface area (Å²) in [5, 5.41) is 20.4. The van der Waals surface area contributed by atoms with Crippen LogP contribution in [0.4, 0.5) is 5.69 Å². The number of aliphatic hydroxyl groups is 1. The number of nitro benzene ring substituents is 1. The fraction of sp³-hybridized carbons (Fsp3) is 0.462. The van der Waals surface area contributed by atoms with E-state index in [9.17, 15) is 20.0 Å². The Labute approximate surface area is 110 Å². The first-order chi connectivity index (χ1) is 9.08. The van der Waals surface area contributed by atoms with Crippen LogP contribution >= 0.6 is 0 Å². The molecule has 1 aromatic rings. The second-order valence-electron chi connectivity index (χ2n) is 4.70. The predicted molar refractivity (Wildman–Crippen MR) is 68.6 cm³/mol. The van der Waals surface area contributed by atoms with E-state index < -0.39 is 11.0 Å². The second kappa shape index (κ2) is 5.79. The minimum atomic E-state index is -0.483. The monoisotopic (exact) mass is 264 g/mol. The van der Waals surface area contributed by atoms with Gasteiger partial charge in [-0.1, -0.05) is 18.2 Å². The second-order valence-corrected chi connectivity index (χ2v) is 4.70. The molecule has 0 bridgehead atoms. The Morgan fingerprint density at radius 2 is 2.21 bits per heavy atom. The number of β-amino-alcohol motifs (C(OH)–C–C–N with tert-alkyl or cyclic N) is 1. The number of nitro groups is 1. The van der Waals surface area contributed by atoms with Crippen LogP contribution in [0.5, 0.6) is 0 Å². The molecule has 1 amide bonds. The summed E-state index contributed by atoms with van der Waals surface area (Å²) in [6.45, 7) is 0.927. The number of hydrogen-bond donors (Lipinski definition) is 1. The molecule has 0 saturated carbocycles. The molecular weight excluding hydrogens is 248 g/mol. The zero-order valence-electron chi connectivity index (χ0n) is 10.5. The number of rotatable bonds is 3. The smallest absolute Gasteiger partial charge is 0.273 e. The van der Waals surface area contributed by atoms with Gasteiger partial charge in [-0.05, 0) is 12.8 Å². The van der Waals surface area contributed by atoms with Crippen LogP contribution in [-0.2, 0) is 11.2 Å². The Hall–Kier alpha value is -1.95. The van der Waals surface area contributed by atoms with E-state index in [1.54, 1.807) is 23.1 Å². The summed E-state index contributed by atoms with van der Waals surface area (Å²) >= 11 is 0. The molecule has 1 heterocycles. The highest BCUT2D eigenvalue weighted by Gasteiger charge is 2.24. The molecule has 1 N–H and O–H groups in total. The molecule has 19 heavy (non-hydrogen) atoms. The highest BCUT2D eigenvalue weighted by molar-refractivity contribution is 5.80. The van der Waals surface area contributed by atoms with Gasteiger partial charge in [0.1, 0.15) is 0 Å². The highest BCUT2D eigenvalue weighted by atomic mass is 16.6. The van der Waals surface area contributed by atoms with E-state index in [-0.39, 0.29) is 18.0 Å². The summed E-state index contributed by atoms with van der Waals surface area (Å²) in [4.78, 5) is 24.0. The Kier molecular flexibility index (Phi) is 4.11. The molecule has 0 aliphatic carbocycles. The Morgan fingerprint density at radius 3 is 2.89 bits per heavy atom. The van der Waals surface area contributed by atoms with Gasteiger partial charge in [0.25, 0.3) is 5.69 Å². The lowest BCUT2D eigenvalue weighted by Gasteiger charge is -2.30. The molecular formula is C13H16N2O4. The van der Waals surface area contributed by atoms with Crippen molar-refractivity contribution >= 4 is 11.6 Å². The summed E-state index contributed by atoms with van der Waals surface area (Å²) in [5.41, 5.74) is 0.381. The Morgan fingerprint density at radius 1 is 1.47 bits per heavy atom. The van der Waals surface area contributed by atoms with Crippen LogP contribution in [-0.4, -0.2) is 40.0 Å². The summed E-state index contributed by atoms with van der Waals surface area (Å²) in [7, 11) is 0. The Bertz CT molecular complexity index is 489. The maximum Gasteiger partial charge on any atom is 0.273 e. The maximum absolute atomic E-state index is 12.1. The van der Waals surface area contributed by atoms with Crippen LogP contribution in [0.1, 0.15) is 18.4 Å². The van der Waals surface area contributed by atoms with Crippen LogP contribution in [0.3, 0.4) is 0 Å². The number of nitrogens with zero attached hydrogens (tertiary/aromatic N) is 2. The van der Waals surface area contributed by atoms with Crippen molar-refractivity contribution in [1.82, 2.24) is 4.90 Å². The zero-order chi connectivity index (χ0) is 13.8. The van der Waals surface area contributed by atoms with Crippen molar-refractivity contribution in [2.24, 2.45) is 0 Å². The van der Waals surface area contributed by atoms with Crippen LogP contribution in [0.25, 0.3) is 0 Å². The molecule has 2 rings (SSSR count). The molecule has 6 heteroatoms. The number of carbonyl (C=O) groups is 1. The topological polar surface area (TPSA) is 83.7 Å². The largest absolute Gasteiger partial charge is 0.391 e. The van der Waals surface area contributed by atoms with Crippen LogP contribution in [0, 0.1) is 10.1 Å². The third kappa shape index (κ3) is 3.29. The number of piperidine rings is 1. The van der Waals surface area contributed by atoms with Crippen LogP contribution in [0.15, 0.2) is 24.3 Å². The molecule has 1 saturated heterocycles. The van der Waals surface area contributed by atoms with E-state index in [4.69, 9.17) is 0 Å². The number of benzene rings is 1. The number of aliphatic hydroxyl groups excluding tert-OH is 1. The van der Waals surface area contributed by atoms with Crippen molar-refractivity contribution in [2.75, 3.05) is 13.1 Å². The van der Waals surface area contributed by atoms with E-state index in [0.29, 0.717) is 25.1 Å².